The molecule has 2 rings (SSSR count). The van der Waals surface area contributed by atoms with Gasteiger partial charge in [-0.3, -0.25) is 14.7 Å². The molecule has 1 N–H and O–H groups in total. The first-order valence-electron chi connectivity index (χ1n) is 11.8. The Morgan fingerprint density at radius 2 is 1.81 bits per heavy atom. The summed E-state index contributed by atoms with van der Waals surface area (Å²) in [4.78, 5) is 17.4. The van der Waals surface area contributed by atoms with Crippen LogP contribution < -0.4 is 14.8 Å². The molecule has 1 aromatic carbocycles. The summed E-state index contributed by atoms with van der Waals surface area (Å²) in [5.41, 5.74) is 0.697. The molecule has 0 aliphatic rings. The summed E-state index contributed by atoms with van der Waals surface area (Å²) < 4.78 is 63.1. The second-order valence-electron chi connectivity index (χ2n) is 7.98. The zero-order chi connectivity index (χ0) is 27.5. The normalized spacial score (nSPS) is 12.8. The van der Waals surface area contributed by atoms with Crippen molar-refractivity contribution in [2.75, 3.05) is 50.9 Å². The largest absolute Gasteiger partial charge is 0.492 e. The van der Waals surface area contributed by atoms with Gasteiger partial charge in [0, 0.05) is 30.4 Å². The lowest BCUT2D eigenvalue weighted by molar-refractivity contribution is 0.0784. The molecule has 0 aliphatic heterocycles. The minimum atomic E-state index is -3.33. The molecule has 1 heterocycles. The van der Waals surface area contributed by atoms with Gasteiger partial charge in [-0.05, 0) is 32.4 Å². The number of methoxy groups -OCH3 is 1. The molecule has 1 aromatic heterocycles. The summed E-state index contributed by atoms with van der Waals surface area (Å²) in [6.45, 7) is 6.16. The first kappa shape index (κ1) is 31.2. The fourth-order valence-corrected chi connectivity index (χ4v) is 5.92. The van der Waals surface area contributed by atoms with Crippen LogP contribution in [0.4, 0.5) is 5.13 Å². The van der Waals surface area contributed by atoms with Gasteiger partial charge in [0.15, 0.2) is 15.0 Å². The molecule has 0 aliphatic carbocycles. The number of carbonyl (C=O) groups excluding carboxylic acids is 1. The van der Waals surface area contributed by atoms with Gasteiger partial charge < -0.3 is 23.3 Å². The van der Waals surface area contributed by atoms with E-state index in [1.165, 1.54) is 17.4 Å². The lowest BCUT2D eigenvalue weighted by Gasteiger charge is -2.18. The van der Waals surface area contributed by atoms with E-state index in [0.717, 1.165) is 6.26 Å². The number of sulfone groups is 1. The van der Waals surface area contributed by atoms with Crippen LogP contribution in [-0.2, 0) is 34.3 Å². The summed E-state index contributed by atoms with van der Waals surface area (Å²) in [5.74, 6) is 0.0144. The van der Waals surface area contributed by atoms with Crippen molar-refractivity contribution in [2.24, 2.45) is 0 Å². The summed E-state index contributed by atoms with van der Waals surface area (Å²) in [6.07, 6.45) is 1.53. The molecule has 0 saturated carbocycles. The van der Waals surface area contributed by atoms with Crippen molar-refractivity contribution >= 4 is 39.8 Å². The van der Waals surface area contributed by atoms with Crippen LogP contribution in [0.5, 0.6) is 11.5 Å². The van der Waals surface area contributed by atoms with E-state index in [4.69, 9.17) is 23.3 Å². The maximum atomic E-state index is 13.1. The zero-order valence-electron chi connectivity index (χ0n) is 21.7. The second-order valence-corrected chi connectivity index (χ2v) is 13.1. The molecule has 1 atom stereocenters. The van der Waals surface area contributed by atoms with Gasteiger partial charge >= 0.3 is 7.60 Å². The number of carbonyl (C=O) groups is 1. The van der Waals surface area contributed by atoms with Crippen molar-refractivity contribution in [1.29, 1.82) is 0 Å². The van der Waals surface area contributed by atoms with E-state index in [-0.39, 0.29) is 49.2 Å². The second kappa shape index (κ2) is 14.8. The van der Waals surface area contributed by atoms with Crippen molar-refractivity contribution in [3.8, 4) is 11.5 Å². The van der Waals surface area contributed by atoms with Crippen molar-refractivity contribution in [1.82, 2.24) is 4.98 Å². The van der Waals surface area contributed by atoms with Gasteiger partial charge in [0.2, 0.25) is 0 Å². The average molecular weight is 579 g/mol. The zero-order valence-corrected chi connectivity index (χ0v) is 24.2. The predicted molar refractivity (Wildman–Crippen MR) is 143 cm³/mol. The van der Waals surface area contributed by atoms with Crippen LogP contribution >= 0.6 is 18.9 Å². The first-order valence-corrected chi connectivity index (χ1v) is 16.4. The topological polar surface area (TPSA) is 139 Å². The van der Waals surface area contributed by atoms with Crippen molar-refractivity contribution < 1.29 is 41.0 Å². The molecule has 0 unspecified atom stereocenters. The molecule has 11 nitrogen and oxygen atoms in total. The third kappa shape index (κ3) is 11.1. The fraction of sp³-hybridized carbons (Fsp3) is 0.565. The van der Waals surface area contributed by atoms with Crippen LogP contribution in [0, 0.1) is 0 Å². The maximum Gasteiger partial charge on any atom is 0.336 e. The predicted octanol–water partition coefficient (Wildman–Crippen LogP) is 4.39. The molecule has 0 bridgehead atoms. The number of hydrogen-bond donors (Lipinski definition) is 1. The molecule has 14 heteroatoms. The number of nitrogens with one attached hydrogen (secondary N) is 1. The van der Waals surface area contributed by atoms with Gasteiger partial charge in [-0.2, -0.15) is 0 Å². The Labute approximate surface area is 222 Å². The summed E-state index contributed by atoms with van der Waals surface area (Å²) in [5, 5.41) is 4.70. The smallest absolute Gasteiger partial charge is 0.336 e. The third-order valence-electron chi connectivity index (χ3n) is 4.76. The van der Waals surface area contributed by atoms with Crippen LogP contribution in [-0.4, -0.2) is 71.0 Å². The number of anilines is 1. The molecule has 0 fully saturated rings. The highest BCUT2D eigenvalue weighted by atomic mass is 32.2. The highest BCUT2D eigenvalue weighted by Crippen LogP contribution is 2.51. The molecule has 1 amide bonds. The van der Waals surface area contributed by atoms with E-state index in [9.17, 15) is 17.8 Å². The minimum Gasteiger partial charge on any atom is -0.492 e. The Morgan fingerprint density at radius 1 is 1.14 bits per heavy atom. The Hall–Kier alpha value is -2.02. The molecule has 208 valence electrons. The minimum absolute atomic E-state index is 0.0133. The molecular weight excluding hydrogens is 543 g/mol. The monoisotopic (exact) mass is 578 g/mol. The van der Waals surface area contributed by atoms with Gasteiger partial charge in [-0.1, -0.05) is 6.92 Å². The van der Waals surface area contributed by atoms with Gasteiger partial charge in [0.05, 0.1) is 37.4 Å². The van der Waals surface area contributed by atoms with Crippen LogP contribution in [0.1, 0.15) is 43.2 Å². The molecule has 37 heavy (non-hydrogen) atoms. The average Bonchev–Trinajstić information content (AvgIpc) is 3.24. The fourth-order valence-electron chi connectivity index (χ4n) is 3.11. The number of hydrogen-bond acceptors (Lipinski definition) is 11. The highest BCUT2D eigenvalue weighted by Gasteiger charge is 2.26. The van der Waals surface area contributed by atoms with Crippen molar-refractivity contribution in [3.63, 3.8) is 0 Å². The SMILES string of the molecule is CCOP(=O)(Cc1csc(NC(=O)c2cc(OCCS(C)(=O)=O)cc(O[C@@H](CC)COC)c2)n1)OCC. The van der Waals surface area contributed by atoms with E-state index in [1.54, 1.807) is 38.5 Å². The standard InChI is InChI=1S/C23H35N2O9PS2/c1-6-19(14-30-4)34-21-12-17(11-20(13-21)31-9-10-37(5,28)29)22(26)25-23-24-18(16-36-23)15-35(27,32-7-2)33-8-3/h11-13,16,19H,6-10,14-15H2,1-5H3,(H,24,25,26)/t19-/m0/s1. The third-order valence-corrected chi connectivity index (χ3v) is 8.48. The van der Waals surface area contributed by atoms with Crippen LogP contribution in [0.15, 0.2) is 23.6 Å². The highest BCUT2D eigenvalue weighted by molar-refractivity contribution is 7.90. The van der Waals surface area contributed by atoms with Gasteiger partial charge in [0.1, 0.15) is 24.2 Å². The molecular formula is C23H35N2O9PS2. The maximum absolute atomic E-state index is 13.1. The van der Waals surface area contributed by atoms with Gasteiger partial charge in [-0.15, -0.1) is 11.3 Å². The quantitative estimate of drug-likeness (QED) is 0.269. The number of amides is 1. The van der Waals surface area contributed by atoms with E-state index >= 15 is 0 Å². The van der Waals surface area contributed by atoms with Crippen molar-refractivity contribution in [3.05, 3.63) is 34.8 Å². The van der Waals surface area contributed by atoms with E-state index in [1.807, 2.05) is 6.92 Å². The van der Waals surface area contributed by atoms with Crippen LogP contribution in [0.2, 0.25) is 0 Å². The van der Waals surface area contributed by atoms with Gasteiger partial charge in [0.25, 0.3) is 5.91 Å². The van der Waals surface area contributed by atoms with E-state index in [0.29, 0.717) is 29.6 Å². The number of thiazole rings is 1. The number of benzene rings is 1. The molecule has 0 spiro atoms. The Balaban J connectivity index is 2.22. The van der Waals surface area contributed by atoms with E-state index < -0.39 is 23.3 Å². The first-order chi connectivity index (χ1) is 17.5. The summed E-state index contributed by atoms with van der Waals surface area (Å²) in [6, 6.07) is 4.65. The lowest BCUT2D eigenvalue weighted by Crippen LogP contribution is -2.21. The number of nitrogens with zero attached hydrogens (tertiary/aromatic N) is 1. The van der Waals surface area contributed by atoms with Crippen LogP contribution in [0.25, 0.3) is 0 Å². The Morgan fingerprint density at radius 3 is 2.41 bits per heavy atom. The number of rotatable bonds is 17. The lowest BCUT2D eigenvalue weighted by atomic mass is 10.2. The Kier molecular flexibility index (Phi) is 12.5. The Bertz CT molecular complexity index is 1160. The van der Waals surface area contributed by atoms with Crippen molar-refractivity contribution in [2.45, 2.75) is 39.5 Å². The van der Waals surface area contributed by atoms with Crippen LogP contribution in [0.3, 0.4) is 0 Å². The summed E-state index contributed by atoms with van der Waals surface area (Å²) in [7, 11) is -4.98. The van der Waals surface area contributed by atoms with Gasteiger partial charge in [-0.25, -0.2) is 13.4 Å². The van der Waals surface area contributed by atoms with E-state index in [2.05, 4.69) is 10.3 Å². The number of aromatic nitrogens is 1. The summed E-state index contributed by atoms with van der Waals surface area (Å²) >= 11 is 1.17. The molecule has 0 saturated heterocycles. The molecule has 0 radical (unpaired) electrons. The molecule has 2 aromatic rings. The number of ether oxygens (including phenoxy) is 3.